The Labute approximate surface area is 109 Å². The van der Waals surface area contributed by atoms with Gasteiger partial charge in [-0.1, -0.05) is 19.9 Å². The van der Waals surface area contributed by atoms with Crippen molar-refractivity contribution in [3.8, 4) is 0 Å². The molecule has 0 saturated carbocycles. The molecule has 0 radical (unpaired) electrons. The van der Waals surface area contributed by atoms with Crippen LogP contribution in [0.4, 0.5) is 0 Å². The van der Waals surface area contributed by atoms with Crippen molar-refractivity contribution < 1.29 is 20.8 Å². The molecule has 0 saturated heterocycles. The normalized spacial score (nSPS) is 28.1. The largest absolute Gasteiger partial charge is 0.478 e. The van der Waals surface area contributed by atoms with Gasteiger partial charge >= 0.3 is 11.9 Å². The topological polar surface area (TPSA) is 63.6 Å². The van der Waals surface area contributed by atoms with Crippen LogP contribution in [-0.2, 0) is 14.3 Å². The summed E-state index contributed by atoms with van der Waals surface area (Å²) in [4.78, 5) is 21.8. The molecule has 4 nitrogen and oxygen atoms in total. The minimum atomic E-state index is -1.39. The second kappa shape index (κ2) is 5.38. The van der Waals surface area contributed by atoms with Crippen molar-refractivity contribution in [1.82, 2.24) is 0 Å². The highest BCUT2D eigenvalue weighted by Crippen LogP contribution is 2.41. The average molecular weight is 253 g/mol. The lowest BCUT2D eigenvalue weighted by molar-refractivity contribution is -0.145. The highest BCUT2D eigenvalue weighted by atomic mass is 16.5. The third-order valence-electron chi connectivity index (χ3n) is 3.19. The predicted octanol–water partition coefficient (Wildman–Crippen LogP) is 2.70. The molecule has 0 heterocycles. The lowest BCUT2D eigenvalue weighted by Crippen LogP contribution is -2.30. The van der Waals surface area contributed by atoms with Gasteiger partial charge in [-0.25, -0.2) is 4.79 Å². The number of ether oxygens (including phenoxy) is 1. The van der Waals surface area contributed by atoms with Crippen LogP contribution in [-0.4, -0.2) is 23.1 Å². The van der Waals surface area contributed by atoms with E-state index in [4.69, 9.17) is 11.2 Å². The summed E-state index contributed by atoms with van der Waals surface area (Å²) in [5.74, 6) is -1.54. The summed E-state index contributed by atoms with van der Waals surface area (Å²) in [5, 5.41) is 8.73. The number of allylic oxidation sites excluding steroid dienone is 2. The minimum absolute atomic E-state index is 0.235. The van der Waals surface area contributed by atoms with E-state index in [0.717, 1.165) is 11.6 Å². The summed E-state index contributed by atoms with van der Waals surface area (Å²) in [6.07, 6.45) is 2.24. The Kier molecular flexibility index (Phi) is 3.84. The van der Waals surface area contributed by atoms with E-state index < -0.39 is 18.0 Å². The van der Waals surface area contributed by atoms with Gasteiger partial charge in [-0.3, -0.25) is 4.79 Å². The van der Waals surface area contributed by atoms with Crippen LogP contribution < -0.4 is 0 Å². The number of carboxylic acid groups (broad SMARTS) is 1. The van der Waals surface area contributed by atoms with E-state index in [-0.39, 0.29) is 5.41 Å². The Morgan fingerprint density at radius 1 is 1.56 bits per heavy atom. The fourth-order valence-corrected chi connectivity index (χ4v) is 2.21. The summed E-state index contributed by atoms with van der Waals surface area (Å²) in [7, 11) is 0. The smallest absolute Gasteiger partial charge is 0.328 e. The van der Waals surface area contributed by atoms with Crippen molar-refractivity contribution in [2.75, 3.05) is 0 Å². The molecular weight excluding hydrogens is 232 g/mol. The molecule has 0 bridgehead atoms. The van der Waals surface area contributed by atoms with E-state index in [9.17, 15) is 9.59 Å². The number of hydrogen-bond donors (Lipinski definition) is 1. The van der Waals surface area contributed by atoms with Gasteiger partial charge in [0, 0.05) is 13.0 Å². The fraction of sp³-hybridized carbons (Fsp3) is 0.571. The zero-order chi connectivity index (χ0) is 14.8. The van der Waals surface area contributed by atoms with Gasteiger partial charge in [0.05, 0.1) is 1.37 Å². The molecule has 0 aliphatic heterocycles. The summed E-state index contributed by atoms with van der Waals surface area (Å²) in [6.45, 7) is 6.98. The summed E-state index contributed by atoms with van der Waals surface area (Å²) in [6, 6.07) is 0. The second-order valence-corrected chi connectivity index (χ2v) is 5.11. The Balaban J connectivity index is 3.26. The molecule has 1 unspecified atom stereocenters. The highest BCUT2D eigenvalue weighted by molar-refractivity contribution is 5.80. The Hall–Kier alpha value is -1.58. The lowest BCUT2D eigenvalue weighted by atomic mass is 9.71. The van der Waals surface area contributed by atoms with Crippen molar-refractivity contribution in [2.45, 2.75) is 46.6 Å². The zero-order valence-corrected chi connectivity index (χ0v) is 11.2. The summed E-state index contributed by atoms with van der Waals surface area (Å²) < 4.78 is 13.4. The Morgan fingerprint density at radius 3 is 2.67 bits per heavy atom. The van der Waals surface area contributed by atoms with Gasteiger partial charge in [-0.2, -0.15) is 0 Å². The molecule has 0 amide bonds. The van der Waals surface area contributed by atoms with Gasteiger partial charge in [0.25, 0.3) is 0 Å². The van der Waals surface area contributed by atoms with Crippen LogP contribution in [0.2, 0.25) is 0 Å². The van der Waals surface area contributed by atoms with E-state index in [1.165, 1.54) is 13.0 Å². The van der Waals surface area contributed by atoms with Crippen molar-refractivity contribution in [3.05, 3.63) is 23.3 Å². The van der Waals surface area contributed by atoms with Crippen LogP contribution in [0.25, 0.3) is 0 Å². The molecule has 1 aliphatic rings. The standard InChI is InChI=1S/C14H20O4/c1-9-11(5-6-13(16)17)14(3,4)8-7-12(9)18-10(2)15/h5-6,12H,7-8H2,1-4H3,(H,16,17)/i12D. The summed E-state index contributed by atoms with van der Waals surface area (Å²) >= 11 is 0. The molecular formula is C14H20O4. The third-order valence-corrected chi connectivity index (χ3v) is 3.19. The van der Waals surface area contributed by atoms with Crippen LogP contribution in [0.3, 0.4) is 0 Å². The Morgan fingerprint density at radius 2 is 2.17 bits per heavy atom. The molecule has 1 N–H and O–H groups in total. The first-order valence-electron chi connectivity index (χ1n) is 6.41. The number of esters is 1. The number of carbonyl (C=O) groups is 2. The molecule has 0 aromatic rings. The van der Waals surface area contributed by atoms with Gasteiger partial charge in [0.2, 0.25) is 0 Å². The van der Waals surface area contributed by atoms with Crippen molar-refractivity contribution in [1.29, 1.82) is 0 Å². The van der Waals surface area contributed by atoms with Crippen LogP contribution in [0.15, 0.2) is 23.3 Å². The molecule has 1 aliphatic carbocycles. The molecule has 1 atom stereocenters. The predicted molar refractivity (Wildman–Crippen MR) is 68.0 cm³/mol. The van der Waals surface area contributed by atoms with Gasteiger partial charge in [0.1, 0.15) is 6.08 Å². The van der Waals surface area contributed by atoms with Crippen LogP contribution >= 0.6 is 0 Å². The van der Waals surface area contributed by atoms with E-state index in [0.29, 0.717) is 18.4 Å². The molecule has 0 fully saturated rings. The highest BCUT2D eigenvalue weighted by Gasteiger charge is 2.33. The molecule has 0 spiro atoms. The molecule has 4 heteroatoms. The van der Waals surface area contributed by atoms with Gasteiger partial charge in [-0.05, 0) is 36.3 Å². The molecule has 0 aromatic heterocycles. The monoisotopic (exact) mass is 253 g/mol. The van der Waals surface area contributed by atoms with Gasteiger partial charge < -0.3 is 9.84 Å². The van der Waals surface area contributed by atoms with Crippen LogP contribution in [0.5, 0.6) is 0 Å². The number of hydrogen-bond acceptors (Lipinski definition) is 3. The number of rotatable bonds is 3. The van der Waals surface area contributed by atoms with Crippen molar-refractivity contribution in [2.24, 2.45) is 5.41 Å². The van der Waals surface area contributed by atoms with E-state index >= 15 is 0 Å². The van der Waals surface area contributed by atoms with Gasteiger partial charge in [0.15, 0.2) is 0 Å². The zero-order valence-electron chi connectivity index (χ0n) is 12.2. The first-order chi connectivity index (χ1) is 8.58. The third kappa shape index (κ3) is 3.45. The Bertz CT molecular complexity index is 462. The molecule has 1 rings (SSSR count). The van der Waals surface area contributed by atoms with Gasteiger partial charge in [-0.15, -0.1) is 0 Å². The molecule has 100 valence electrons. The maximum atomic E-state index is 11.1. The molecule has 18 heavy (non-hydrogen) atoms. The van der Waals surface area contributed by atoms with Crippen molar-refractivity contribution in [3.63, 3.8) is 0 Å². The van der Waals surface area contributed by atoms with E-state index in [2.05, 4.69) is 0 Å². The lowest BCUT2D eigenvalue weighted by Gasteiger charge is -2.36. The average Bonchev–Trinajstić information content (AvgIpc) is 2.23. The van der Waals surface area contributed by atoms with Crippen LogP contribution in [0.1, 0.15) is 41.9 Å². The number of carbonyl (C=O) groups excluding carboxylic acids is 1. The quantitative estimate of drug-likeness (QED) is 0.620. The fourth-order valence-electron chi connectivity index (χ4n) is 2.21. The maximum absolute atomic E-state index is 11.1. The first kappa shape index (κ1) is 12.9. The second-order valence-electron chi connectivity index (χ2n) is 5.11. The van der Waals surface area contributed by atoms with Crippen molar-refractivity contribution >= 4 is 11.9 Å². The minimum Gasteiger partial charge on any atom is -0.478 e. The van der Waals surface area contributed by atoms with E-state index in [1.54, 1.807) is 6.92 Å². The molecule has 0 aromatic carbocycles. The number of carboxylic acids is 1. The number of aliphatic carboxylic acids is 1. The van der Waals surface area contributed by atoms with E-state index in [1.807, 2.05) is 13.8 Å². The first-order valence-corrected chi connectivity index (χ1v) is 5.91. The van der Waals surface area contributed by atoms with Crippen LogP contribution in [0, 0.1) is 5.41 Å². The maximum Gasteiger partial charge on any atom is 0.328 e. The summed E-state index contributed by atoms with van der Waals surface area (Å²) in [5.41, 5.74) is 1.11. The SMILES string of the molecule is [2H]C1(OC(C)=O)CCC(C)(C)C(C=CC(=O)O)=C1C.